The summed E-state index contributed by atoms with van der Waals surface area (Å²) in [5.41, 5.74) is 0. The number of carbonyl (C=O) groups is 3. The van der Waals surface area contributed by atoms with E-state index in [0.29, 0.717) is 12.2 Å². The minimum atomic E-state index is -1.17. The largest absolute Gasteiger partial charge is 0.481 e. The van der Waals surface area contributed by atoms with Gasteiger partial charge in [-0.05, 0) is 25.0 Å². The molecule has 0 aliphatic heterocycles. The zero-order valence-corrected chi connectivity index (χ0v) is 10.9. The maximum atomic E-state index is 11.6. The summed E-state index contributed by atoms with van der Waals surface area (Å²) in [6, 6.07) is 2.38. The molecule has 0 spiro atoms. The number of carboxylic acids is 2. The van der Waals surface area contributed by atoms with E-state index >= 15 is 0 Å². The van der Waals surface area contributed by atoms with Gasteiger partial charge in [0, 0.05) is 19.3 Å². The van der Waals surface area contributed by atoms with Gasteiger partial charge in [-0.15, -0.1) is 0 Å². The fourth-order valence-corrected chi connectivity index (χ4v) is 1.67. The Morgan fingerprint density at radius 1 is 1.25 bits per heavy atom. The van der Waals surface area contributed by atoms with Gasteiger partial charge in [-0.3, -0.25) is 9.59 Å². The fourth-order valence-electron chi connectivity index (χ4n) is 1.67. The summed E-state index contributed by atoms with van der Waals surface area (Å²) in [7, 11) is 0. The molecule has 0 saturated carbocycles. The smallest absolute Gasteiger partial charge is 0.326 e. The van der Waals surface area contributed by atoms with Crippen LogP contribution < -0.4 is 5.32 Å². The third kappa shape index (κ3) is 6.03. The second-order valence-electron chi connectivity index (χ2n) is 4.32. The summed E-state index contributed by atoms with van der Waals surface area (Å²) in [6.45, 7) is 0. The molecule has 0 aliphatic carbocycles. The van der Waals surface area contributed by atoms with E-state index < -0.39 is 23.9 Å². The topological polar surface area (TPSA) is 117 Å². The zero-order chi connectivity index (χ0) is 15.0. The minimum absolute atomic E-state index is 0.0914. The van der Waals surface area contributed by atoms with Crippen molar-refractivity contribution in [2.24, 2.45) is 0 Å². The number of aryl methyl sites for hydroxylation is 1. The van der Waals surface area contributed by atoms with Gasteiger partial charge in [-0.1, -0.05) is 0 Å². The molecule has 20 heavy (non-hydrogen) atoms. The molecule has 0 aromatic carbocycles. The molecule has 0 bridgehead atoms. The zero-order valence-electron chi connectivity index (χ0n) is 10.9. The molecule has 110 valence electrons. The molecule has 1 heterocycles. The molecule has 1 rings (SSSR count). The second kappa shape index (κ2) is 7.98. The Labute approximate surface area is 115 Å². The van der Waals surface area contributed by atoms with Crippen LogP contribution in [0.4, 0.5) is 0 Å². The summed E-state index contributed by atoms with van der Waals surface area (Å²) < 4.78 is 5.07. The lowest BCUT2D eigenvalue weighted by Gasteiger charge is -2.13. The molecule has 7 nitrogen and oxygen atoms in total. The van der Waals surface area contributed by atoms with Gasteiger partial charge < -0.3 is 19.9 Å². The summed E-state index contributed by atoms with van der Waals surface area (Å²) in [4.78, 5) is 32.9. The van der Waals surface area contributed by atoms with Crippen LogP contribution in [-0.4, -0.2) is 34.1 Å². The summed E-state index contributed by atoms with van der Waals surface area (Å²) in [5.74, 6) is -1.90. The lowest BCUT2D eigenvalue weighted by Crippen LogP contribution is -2.40. The van der Waals surface area contributed by atoms with Crippen molar-refractivity contribution >= 4 is 17.8 Å². The van der Waals surface area contributed by atoms with Crippen LogP contribution in [0.2, 0.25) is 0 Å². The molecule has 0 aliphatic rings. The van der Waals surface area contributed by atoms with Gasteiger partial charge >= 0.3 is 11.9 Å². The molecule has 0 fully saturated rings. The summed E-state index contributed by atoms with van der Waals surface area (Å²) in [6.07, 6.45) is 2.18. The first-order chi connectivity index (χ1) is 9.49. The number of aliphatic carboxylic acids is 2. The standard InChI is InChI=1S/C13H17NO6/c15-11(7-6-9-3-2-8-20-9)14-10(13(18)19)4-1-5-12(16)17/h2-3,8,10H,1,4-7H2,(H,14,15)(H,16,17)(H,18,19)/t10-/m1/s1. The number of furan rings is 1. The van der Waals surface area contributed by atoms with Gasteiger partial charge in [-0.25, -0.2) is 4.79 Å². The van der Waals surface area contributed by atoms with Crippen molar-refractivity contribution in [3.8, 4) is 0 Å². The van der Waals surface area contributed by atoms with Crippen LogP contribution in [0, 0.1) is 0 Å². The SMILES string of the molecule is O=C(O)CCC[C@@H](NC(=O)CCc1ccco1)C(=O)O. The number of carboxylic acid groups (broad SMARTS) is 2. The van der Waals surface area contributed by atoms with Crippen LogP contribution in [0.1, 0.15) is 31.4 Å². The lowest BCUT2D eigenvalue weighted by atomic mass is 10.1. The average Bonchev–Trinajstić information content (AvgIpc) is 2.87. The maximum absolute atomic E-state index is 11.6. The quantitative estimate of drug-likeness (QED) is 0.623. The minimum Gasteiger partial charge on any atom is -0.481 e. The van der Waals surface area contributed by atoms with Gasteiger partial charge in [-0.2, -0.15) is 0 Å². The Hall–Kier alpha value is -2.31. The summed E-state index contributed by atoms with van der Waals surface area (Å²) in [5, 5.41) is 19.8. The van der Waals surface area contributed by atoms with Gasteiger partial charge in [0.25, 0.3) is 0 Å². The highest BCUT2D eigenvalue weighted by Gasteiger charge is 2.19. The van der Waals surface area contributed by atoms with Gasteiger partial charge in [0.1, 0.15) is 11.8 Å². The van der Waals surface area contributed by atoms with Crippen molar-refractivity contribution in [3.63, 3.8) is 0 Å². The molecule has 0 unspecified atom stereocenters. The number of amides is 1. The van der Waals surface area contributed by atoms with Crippen LogP contribution in [0.5, 0.6) is 0 Å². The van der Waals surface area contributed by atoms with E-state index in [-0.39, 0.29) is 25.7 Å². The van der Waals surface area contributed by atoms with E-state index in [9.17, 15) is 14.4 Å². The first-order valence-corrected chi connectivity index (χ1v) is 6.25. The number of nitrogens with one attached hydrogen (secondary N) is 1. The highest BCUT2D eigenvalue weighted by atomic mass is 16.4. The van der Waals surface area contributed by atoms with Crippen molar-refractivity contribution in [3.05, 3.63) is 24.2 Å². The van der Waals surface area contributed by atoms with Crippen LogP contribution in [0.15, 0.2) is 22.8 Å². The third-order valence-electron chi connectivity index (χ3n) is 2.70. The number of carbonyl (C=O) groups excluding carboxylic acids is 1. The molecular formula is C13H17NO6. The Morgan fingerprint density at radius 3 is 2.55 bits per heavy atom. The highest BCUT2D eigenvalue weighted by molar-refractivity contribution is 5.83. The second-order valence-corrected chi connectivity index (χ2v) is 4.32. The van der Waals surface area contributed by atoms with Crippen molar-refractivity contribution in [2.45, 2.75) is 38.1 Å². The molecule has 1 atom stereocenters. The van der Waals surface area contributed by atoms with Crippen molar-refractivity contribution < 1.29 is 29.0 Å². The normalized spacial score (nSPS) is 11.8. The monoisotopic (exact) mass is 283 g/mol. The Balaban J connectivity index is 2.34. The van der Waals surface area contributed by atoms with Crippen LogP contribution in [0.25, 0.3) is 0 Å². The van der Waals surface area contributed by atoms with Gasteiger partial charge in [0.2, 0.25) is 5.91 Å². The fraction of sp³-hybridized carbons (Fsp3) is 0.462. The van der Waals surface area contributed by atoms with E-state index in [4.69, 9.17) is 14.6 Å². The Bertz CT molecular complexity index is 453. The lowest BCUT2D eigenvalue weighted by molar-refractivity contribution is -0.142. The van der Waals surface area contributed by atoms with E-state index in [1.54, 1.807) is 12.1 Å². The first kappa shape index (κ1) is 15.7. The van der Waals surface area contributed by atoms with E-state index in [1.165, 1.54) is 6.26 Å². The predicted octanol–water partition coefficient (Wildman–Crippen LogP) is 1.04. The molecule has 3 N–H and O–H groups in total. The first-order valence-electron chi connectivity index (χ1n) is 6.25. The van der Waals surface area contributed by atoms with Crippen molar-refractivity contribution in [1.82, 2.24) is 5.32 Å². The predicted molar refractivity (Wildman–Crippen MR) is 68.1 cm³/mol. The Morgan fingerprint density at radius 2 is 2.00 bits per heavy atom. The molecule has 1 aromatic rings. The molecule has 0 radical (unpaired) electrons. The van der Waals surface area contributed by atoms with Crippen LogP contribution in [-0.2, 0) is 20.8 Å². The Kier molecular flexibility index (Phi) is 6.28. The molecule has 7 heteroatoms. The van der Waals surface area contributed by atoms with E-state index in [1.807, 2.05) is 0 Å². The van der Waals surface area contributed by atoms with Crippen LogP contribution in [0.3, 0.4) is 0 Å². The summed E-state index contributed by atoms with van der Waals surface area (Å²) >= 11 is 0. The van der Waals surface area contributed by atoms with Gasteiger partial charge in [0.05, 0.1) is 6.26 Å². The number of hydrogen-bond acceptors (Lipinski definition) is 4. The molecule has 0 saturated heterocycles. The number of rotatable bonds is 9. The van der Waals surface area contributed by atoms with Gasteiger partial charge in [0.15, 0.2) is 0 Å². The third-order valence-corrected chi connectivity index (χ3v) is 2.70. The maximum Gasteiger partial charge on any atom is 0.326 e. The molecular weight excluding hydrogens is 266 g/mol. The van der Waals surface area contributed by atoms with E-state index in [0.717, 1.165) is 0 Å². The van der Waals surface area contributed by atoms with Crippen molar-refractivity contribution in [2.75, 3.05) is 0 Å². The van der Waals surface area contributed by atoms with Crippen LogP contribution >= 0.6 is 0 Å². The molecule has 1 aromatic heterocycles. The van der Waals surface area contributed by atoms with E-state index in [2.05, 4.69) is 5.32 Å². The highest BCUT2D eigenvalue weighted by Crippen LogP contribution is 2.05. The molecule has 1 amide bonds. The number of hydrogen-bond donors (Lipinski definition) is 3. The van der Waals surface area contributed by atoms with Crippen molar-refractivity contribution in [1.29, 1.82) is 0 Å². The average molecular weight is 283 g/mol.